The van der Waals surface area contributed by atoms with E-state index >= 15 is 0 Å². The van der Waals surface area contributed by atoms with Gasteiger partial charge in [0.25, 0.3) is 0 Å². The molecular formula is C29H33N3O2. The van der Waals surface area contributed by atoms with Crippen LogP contribution in [0.25, 0.3) is 22.0 Å². The molecule has 34 heavy (non-hydrogen) atoms. The maximum atomic E-state index is 9.25. The number of methoxy groups -OCH3 is 1. The monoisotopic (exact) mass is 455 g/mol. The number of aromatic nitrogens is 1. The minimum Gasteiger partial charge on any atom is -0.495 e. The average molecular weight is 456 g/mol. The molecule has 0 spiro atoms. The molecule has 5 nitrogen and oxygen atoms in total. The molecule has 3 aromatic rings. The van der Waals surface area contributed by atoms with E-state index < -0.39 is 0 Å². The Bertz CT molecular complexity index is 1180. The summed E-state index contributed by atoms with van der Waals surface area (Å²) in [6.45, 7) is 6.07. The quantitative estimate of drug-likeness (QED) is 0.461. The van der Waals surface area contributed by atoms with Gasteiger partial charge in [0.05, 0.1) is 30.9 Å². The van der Waals surface area contributed by atoms with Crippen LogP contribution in [0.4, 0.5) is 5.69 Å². The summed E-state index contributed by atoms with van der Waals surface area (Å²) in [5, 5.41) is 10.3. The molecule has 176 valence electrons. The molecule has 0 radical (unpaired) electrons. The first-order valence-electron chi connectivity index (χ1n) is 12.4. The molecule has 5 rings (SSSR count). The molecule has 1 aromatic heterocycles. The van der Waals surface area contributed by atoms with Gasteiger partial charge in [-0.05, 0) is 74.8 Å². The fourth-order valence-electron chi connectivity index (χ4n) is 5.75. The molecule has 2 aromatic carbocycles. The normalized spacial score (nSPS) is 25.2. The van der Waals surface area contributed by atoms with E-state index in [0.29, 0.717) is 5.92 Å². The molecule has 2 heterocycles. The van der Waals surface area contributed by atoms with Gasteiger partial charge >= 0.3 is 0 Å². The summed E-state index contributed by atoms with van der Waals surface area (Å²) in [4.78, 5) is 7.34. The first-order valence-corrected chi connectivity index (χ1v) is 12.4. The Labute approximate surface area is 202 Å². The molecule has 5 heteroatoms. The molecule has 2 aliphatic rings. The van der Waals surface area contributed by atoms with Gasteiger partial charge in [0, 0.05) is 41.8 Å². The lowest BCUT2D eigenvalue weighted by Crippen LogP contribution is -2.45. The zero-order chi connectivity index (χ0) is 23.7. The molecule has 0 N–H and O–H groups in total. The number of nitriles is 1. The van der Waals surface area contributed by atoms with Crippen molar-refractivity contribution in [2.75, 3.05) is 25.1 Å². The zero-order valence-electron chi connectivity index (χ0n) is 20.3. The maximum absolute atomic E-state index is 9.25. The number of anilines is 1. The fourth-order valence-corrected chi connectivity index (χ4v) is 5.75. The van der Waals surface area contributed by atoms with Crippen molar-refractivity contribution in [3.05, 3.63) is 54.2 Å². The summed E-state index contributed by atoms with van der Waals surface area (Å²) < 4.78 is 11.8. The van der Waals surface area contributed by atoms with Crippen LogP contribution in [0.5, 0.6) is 5.75 Å². The number of benzene rings is 2. The average Bonchev–Trinajstić information content (AvgIpc) is 2.87. The maximum Gasteiger partial charge on any atom is 0.137 e. The standard InChI is InChI=1S/C29H33N3O2/c1-19-17-32(18-20(2)34-19)24-13-11-23(12-14-24)27-16-31-28-25(5-4-6-26(28)29(27)33-3)22-9-7-21(15-30)8-10-22/h4-6,11-14,16,19-22H,7-10,17-18H2,1-3H3. The van der Waals surface area contributed by atoms with Crippen molar-refractivity contribution in [1.82, 2.24) is 4.98 Å². The molecule has 2 unspecified atom stereocenters. The predicted octanol–water partition coefficient (Wildman–Crippen LogP) is 6.32. The number of nitrogens with zero attached hydrogens (tertiary/aromatic N) is 3. The van der Waals surface area contributed by atoms with Gasteiger partial charge in [-0.1, -0.05) is 24.3 Å². The fraction of sp³-hybridized carbons (Fsp3) is 0.448. The van der Waals surface area contributed by atoms with Crippen LogP contribution in [0.1, 0.15) is 51.0 Å². The lowest BCUT2D eigenvalue weighted by Gasteiger charge is -2.36. The smallest absolute Gasteiger partial charge is 0.137 e. The van der Waals surface area contributed by atoms with Crippen LogP contribution < -0.4 is 9.64 Å². The molecule has 1 aliphatic heterocycles. The minimum atomic E-state index is 0.201. The second kappa shape index (κ2) is 9.64. The Kier molecular flexibility index (Phi) is 6.43. The highest BCUT2D eigenvalue weighted by Crippen LogP contribution is 2.42. The summed E-state index contributed by atoms with van der Waals surface area (Å²) in [7, 11) is 1.74. The van der Waals surface area contributed by atoms with Gasteiger partial charge in [0.2, 0.25) is 0 Å². The number of rotatable bonds is 4. The topological polar surface area (TPSA) is 58.4 Å². The Hall–Kier alpha value is -3.10. The minimum absolute atomic E-state index is 0.201. The van der Waals surface area contributed by atoms with Crippen LogP contribution >= 0.6 is 0 Å². The van der Waals surface area contributed by atoms with Gasteiger partial charge in [-0.3, -0.25) is 4.98 Å². The van der Waals surface area contributed by atoms with E-state index in [1.165, 1.54) is 11.3 Å². The summed E-state index contributed by atoms with van der Waals surface area (Å²) in [5.74, 6) is 1.53. The molecular weight excluding hydrogens is 422 g/mol. The van der Waals surface area contributed by atoms with E-state index in [1.807, 2.05) is 6.20 Å². The third-order valence-electron chi connectivity index (χ3n) is 7.40. The first-order chi connectivity index (χ1) is 16.6. The Balaban J connectivity index is 1.46. The van der Waals surface area contributed by atoms with E-state index in [0.717, 1.165) is 66.6 Å². The molecule has 1 aliphatic carbocycles. The van der Waals surface area contributed by atoms with Crippen molar-refractivity contribution in [1.29, 1.82) is 5.26 Å². The van der Waals surface area contributed by atoms with Gasteiger partial charge < -0.3 is 14.4 Å². The lowest BCUT2D eigenvalue weighted by atomic mass is 9.78. The van der Waals surface area contributed by atoms with Gasteiger partial charge in [0.15, 0.2) is 0 Å². The van der Waals surface area contributed by atoms with Crippen molar-refractivity contribution in [3.8, 4) is 22.9 Å². The van der Waals surface area contributed by atoms with Crippen molar-refractivity contribution >= 4 is 16.6 Å². The van der Waals surface area contributed by atoms with E-state index in [2.05, 4.69) is 67.3 Å². The second-order valence-corrected chi connectivity index (χ2v) is 9.84. The second-order valence-electron chi connectivity index (χ2n) is 9.84. The van der Waals surface area contributed by atoms with Crippen LogP contribution in [0.2, 0.25) is 0 Å². The number of morpholine rings is 1. The predicted molar refractivity (Wildman–Crippen MR) is 136 cm³/mol. The number of hydrogen-bond donors (Lipinski definition) is 0. The van der Waals surface area contributed by atoms with E-state index in [-0.39, 0.29) is 18.1 Å². The number of ether oxygens (including phenoxy) is 2. The highest BCUT2D eigenvalue weighted by atomic mass is 16.5. The number of para-hydroxylation sites is 1. The largest absolute Gasteiger partial charge is 0.495 e. The van der Waals surface area contributed by atoms with Gasteiger partial charge in [-0.2, -0.15) is 5.26 Å². The van der Waals surface area contributed by atoms with E-state index in [1.54, 1.807) is 7.11 Å². The first kappa shape index (κ1) is 22.7. The van der Waals surface area contributed by atoms with Crippen LogP contribution in [0.15, 0.2) is 48.7 Å². The van der Waals surface area contributed by atoms with Crippen LogP contribution in [-0.4, -0.2) is 37.4 Å². The summed E-state index contributed by atoms with van der Waals surface area (Å²) in [5.41, 5.74) is 5.63. The Morgan fingerprint density at radius 2 is 1.71 bits per heavy atom. The highest BCUT2D eigenvalue weighted by Gasteiger charge is 2.25. The lowest BCUT2D eigenvalue weighted by molar-refractivity contribution is -0.00521. The van der Waals surface area contributed by atoms with Crippen molar-refractivity contribution < 1.29 is 9.47 Å². The third kappa shape index (κ3) is 4.35. The van der Waals surface area contributed by atoms with Crippen molar-refractivity contribution in [3.63, 3.8) is 0 Å². The van der Waals surface area contributed by atoms with Gasteiger partial charge in [-0.25, -0.2) is 0 Å². The van der Waals surface area contributed by atoms with Crippen LogP contribution in [-0.2, 0) is 4.74 Å². The van der Waals surface area contributed by atoms with Crippen molar-refractivity contribution in [2.45, 2.75) is 57.7 Å². The van der Waals surface area contributed by atoms with Crippen molar-refractivity contribution in [2.24, 2.45) is 5.92 Å². The highest BCUT2D eigenvalue weighted by molar-refractivity contribution is 5.94. The van der Waals surface area contributed by atoms with E-state index in [4.69, 9.17) is 14.5 Å². The zero-order valence-corrected chi connectivity index (χ0v) is 20.3. The Morgan fingerprint density at radius 3 is 2.35 bits per heavy atom. The Morgan fingerprint density at radius 1 is 1.00 bits per heavy atom. The molecule has 0 bridgehead atoms. The third-order valence-corrected chi connectivity index (χ3v) is 7.40. The summed E-state index contributed by atoms with van der Waals surface area (Å²) in [6.07, 6.45) is 6.46. The summed E-state index contributed by atoms with van der Waals surface area (Å²) >= 11 is 0. The number of fused-ring (bicyclic) bond motifs is 1. The van der Waals surface area contributed by atoms with Crippen LogP contribution in [0.3, 0.4) is 0 Å². The van der Waals surface area contributed by atoms with Gasteiger partial charge in [-0.15, -0.1) is 0 Å². The molecule has 1 saturated carbocycles. The summed E-state index contributed by atoms with van der Waals surface area (Å²) in [6, 6.07) is 17.6. The van der Waals surface area contributed by atoms with Crippen LogP contribution in [0, 0.1) is 17.2 Å². The molecule has 2 fully saturated rings. The van der Waals surface area contributed by atoms with Gasteiger partial charge in [0.1, 0.15) is 5.75 Å². The molecule has 0 amide bonds. The number of hydrogen-bond acceptors (Lipinski definition) is 5. The SMILES string of the molecule is COc1c(-c2ccc(N3CC(C)OC(C)C3)cc2)cnc2c(C3CCC(C#N)CC3)cccc12. The molecule has 2 atom stereocenters. The molecule has 1 saturated heterocycles. The number of pyridine rings is 1. The van der Waals surface area contributed by atoms with E-state index in [9.17, 15) is 5.26 Å².